The normalized spacial score (nSPS) is 19.8. The zero-order valence-electron chi connectivity index (χ0n) is 11.5. The Labute approximate surface area is 119 Å². The van der Waals surface area contributed by atoms with Crippen LogP contribution in [0.15, 0.2) is 23.1 Å². The molecule has 0 aromatic heterocycles. The highest BCUT2D eigenvalue weighted by atomic mass is 32.2. The number of nitrogens with two attached hydrogens (primary N) is 1. The molecule has 0 amide bonds. The number of sulfonamides is 1. The number of nitrogen functional groups attached to an aromatic ring is 1. The smallest absolute Gasteiger partial charge is 0.244 e. The van der Waals surface area contributed by atoms with Crippen molar-refractivity contribution in [3.8, 4) is 5.75 Å². The van der Waals surface area contributed by atoms with Gasteiger partial charge in [-0.25, -0.2) is 13.1 Å². The van der Waals surface area contributed by atoms with Crippen LogP contribution in [-0.4, -0.2) is 34.3 Å². The summed E-state index contributed by atoms with van der Waals surface area (Å²) in [5, 5.41) is 0. The summed E-state index contributed by atoms with van der Waals surface area (Å²) >= 11 is 0. The van der Waals surface area contributed by atoms with E-state index in [0.29, 0.717) is 31.3 Å². The Morgan fingerprint density at radius 3 is 2.95 bits per heavy atom. The average Bonchev–Trinajstić information content (AvgIpc) is 2.41. The second kappa shape index (κ2) is 6.43. The molecule has 0 radical (unpaired) electrons. The van der Waals surface area contributed by atoms with Crippen LogP contribution in [0.1, 0.15) is 19.8 Å². The van der Waals surface area contributed by atoms with Crippen LogP contribution in [0, 0.1) is 0 Å². The molecule has 1 atom stereocenters. The van der Waals surface area contributed by atoms with Gasteiger partial charge < -0.3 is 15.2 Å². The van der Waals surface area contributed by atoms with Gasteiger partial charge in [0.1, 0.15) is 10.6 Å². The first-order valence-corrected chi connectivity index (χ1v) is 8.13. The van der Waals surface area contributed by atoms with Crippen molar-refractivity contribution in [1.82, 2.24) is 4.72 Å². The van der Waals surface area contributed by atoms with E-state index in [-0.39, 0.29) is 10.9 Å². The van der Waals surface area contributed by atoms with E-state index in [1.807, 2.05) is 0 Å². The predicted molar refractivity (Wildman–Crippen MR) is 76.2 cm³/mol. The minimum Gasteiger partial charge on any atom is -0.492 e. The molecule has 6 nitrogen and oxygen atoms in total. The molecular weight excluding hydrogens is 280 g/mol. The maximum absolute atomic E-state index is 12.4. The molecule has 112 valence electrons. The summed E-state index contributed by atoms with van der Waals surface area (Å²) < 4.78 is 38.2. The second-order valence-corrected chi connectivity index (χ2v) is 6.36. The highest BCUT2D eigenvalue weighted by molar-refractivity contribution is 7.89. The molecule has 1 heterocycles. The van der Waals surface area contributed by atoms with E-state index in [2.05, 4.69) is 4.72 Å². The zero-order chi connectivity index (χ0) is 14.6. The number of hydrogen-bond donors (Lipinski definition) is 2. The predicted octanol–water partition coefficient (Wildman–Crippen LogP) is 1.12. The van der Waals surface area contributed by atoms with E-state index < -0.39 is 10.0 Å². The first-order chi connectivity index (χ1) is 9.53. The monoisotopic (exact) mass is 300 g/mol. The summed E-state index contributed by atoms with van der Waals surface area (Å²) in [5.41, 5.74) is 6.06. The molecule has 1 saturated heterocycles. The number of ether oxygens (including phenoxy) is 2. The molecule has 1 aromatic carbocycles. The van der Waals surface area contributed by atoms with Crippen molar-refractivity contribution in [3.05, 3.63) is 18.2 Å². The van der Waals surface area contributed by atoms with Crippen molar-refractivity contribution in [2.45, 2.75) is 30.7 Å². The van der Waals surface area contributed by atoms with Crippen LogP contribution in [0.5, 0.6) is 5.75 Å². The molecule has 0 aliphatic carbocycles. The molecule has 1 aliphatic rings. The van der Waals surface area contributed by atoms with Crippen LogP contribution in [-0.2, 0) is 14.8 Å². The van der Waals surface area contributed by atoms with Crippen molar-refractivity contribution < 1.29 is 17.9 Å². The number of rotatable bonds is 5. The number of nitrogens with one attached hydrogen (secondary N) is 1. The van der Waals surface area contributed by atoms with Gasteiger partial charge in [-0.2, -0.15) is 0 Å². The molecule has 0 saturated carbocycles. The third-order valence-corrected chi connectivity index (χ3v) is 4.58. The summed E-state index contributed by atoms with van der Waals surface area (Å²) in [7, 11) is -3.67. The second-order valence-electron chi connectivity index (χ2n) is 4.67. The molecule has 1 aliphatic heterocycles. The lowest BCUT2D eigenvalue weighted by molar-refractivity contribution is 0.0774. The van der Waals surface area contributed by atoms with Gasteiger partial charge in [0.15, 0.2) is 0 Å². The largest absolute Gasteiger partial charge is 0.492 e. The number of benzene rings is 1. The van der Waals surface area contributed by atoms with Gasteiger partial charge in [0.25, 0.3) is 0 Å². The molecule has 7 heteroatoms. The molecular formula is C13H20N2O4S. The van der Waals surface area contributed by atoms with E-state index in [1.54, 1.807) is 19.1 Å². The first kappa shape index (κ1) is 15.1. The van der Waals surface area contributed by atoms with E-state index in [1.165, 1.54) is 6.07 Å². The fraction of sp³-hybridized carbons (Fsp3) is 0.538. The SMILES string of the molecule is CCOc1ccc(N)cc1S(=O)(=O)NC1CCCOC1. The Morgan fingerprint density at radius 1 is 1.50 bits per heavy atom. The van der Waals surface area contributed by atoms with Crippen molar-refractivity contribution in [3.63, 3.8) is 0 Å². The zero-order valence-corrected chi connectivity index (χ0v) is 12.3. The summed E-state index contributed by atoms with van der Waals surface area (Å²) in [6.07, 6.45) is 1.62. The number of anilines is 1. The highest BCUT2D eigenvalue weighted by Crippen LogP contribution is 2.26. The lowest BCUT2D eigenvalue weighted by atomic mass is 10.1. The molecule has 3 N–H and O–H groups in total. The standard InChI is InChI=1S/C13H20N2O4S/c1-2-19-12-6-5-10(14)8-13(12)20(16,17)15-11-4-3-7-18-9-11/h5-6,8,11,15H,2-4,7,9,14H2,1H3. The molecule has 2 rings (SSSR count). The van der Waals surface area contributed by atoms with Gasteiger partial charge in [-0.1, -0.05) is 0 Å². The van der Waals surface area contributed by atoms with E-state index >= 15 is 0 Å². The summed E-state index contributed by atoms with van der Waals surface area (Å²) in [5.74, 6) is 0.311. The van der Waals surface area contributed by atoms with Crippen molar-refractivity contribution in [1.29, 1.82) is 0 Å². The average molecular weight is 300 g/mol. The minimum absolute atomic E-state index is 0.0740. The number of hydrogen-bond acceptors (Lipinski definition) is 5. The quantitative estimate of drug-likeness (QED) is 0.795. The Hall–Kier alpha value is -1.31. The van der Waals surface area contributed by atoms with Crippen LogP contribution >= 0.6 is 0 Å². The lowest BCUT2D eigenvalue weighted by Crippen LogP contribution is -2.40. The molecule has 1 aromatic rings. The van der Waals surface area contributed by atoms with Crippen LogP contribution in [0.3, 0.4) is 0 Å². The Kier molecular flexibility index (Phi) is 4.85. The van der Waals surface area contributed by atoms with Crippen LogP contribution < -0.4 is 15.2 Å². The van der Waals surface area contributed by atoms with Crippen molar-refractivity contribution in [2.24, 2.45) is 0 Å². The van der Waals surface area contributed by atoms with Crippen LogP contribution in [0.2, 0.25) is 0 Å². The summed E-state index contributed by atoms with van der Waals surface area (Å²) in [6, 6.07) is 4.40. The van der Waals surface area contributed by atoms with Gasteiger partial charge in [0, 0.05) is 18.3 Å². The van der Waals surface area contributed by atoms with Crippen LogP contribution in [0.25, 0.3) is 0 Å². The van der Waals surface area contributed by atoms with Crippen molar-refractivity contribution >= 4 is 15.7 Å². The van der Waals surface area contributed by atoms with Crippen molar-refractivity contribution in [2.75, 3.05) is 25.6 Å². The summed E-state index contributed by atoms with van der Waals surface area (Å²) in [4.78, 5) is 0.0740. The van der Waals surface area contributed by atoms with Gasteiger partial charge in [0.05, 0.1) is 13.2 Å². The van der Waals surface area contributed by atoms with Gasteiger partial charge in [0.2, 0.25) is 10.0 Å². The van der Waals surface area contributed by atoms with Crippen LogP contribution in [0.4, 0.5) is 5.69 Å². The molecule has 1 unspecified atom stereocenters. The van der Waals surface area contributed by atoms with Gasteiger partial charge in [-0.3, -0.25) is 0 Å². The lowest BCUT2D eigenvalue weighted by Gasteiger charge is -2.23. The molecule has 0 spiro atoms. The Bertz CT molecular complexity index is 553. The first-order valence-electron chi connectivity index (χ1n) is 6.65. The molecule has 20 heavy (non-hydrogen) atoms. The maximum atomic E-state index is 12.4. The third kappa shape index (κ3) is 3.62. The highest BCUT2D eigenvalue weighted by Gasteiger charge is 2.25. The molecule has 0 bridgehead atoms. The van der Waals surface area contributed by atoms with Gasteiger partial charge >= 0.3 is 0 Å². The van der Waals surface area contributed by atoms with E-state index in [0.717, 1.165) is 12.8 Å². The maximum Gasteiger partial charge on any atom is 0.244 e. The molecule has 1 fully saturated rings. The van der Waals surface area contributed by atoms with Gasteiger partial charge in [-0.05, 0) is 38.0 Å². The topological polar surface area (TPSA) is 90.7 Å². The fourth-order valence-electron chi connectivity index (χ4n) is 2.13. The Morgan fingerprint density at radius 2 is 2.30 bits per heavy atom. The van der Waals surface area contributed by atoms with Gasteiger partial charge in [-0.15, -0.1) is 0 Å². The third-order valence-electron chi connectivity index (χ3n) is 3.04. The van der Waals surface area contributed by atoms with E-state index in [4.69, 9.17) is 15.2 Å². The minimum atomic E-state index is -3.67. The van der Waals surface area contributed by atoms with E-state index in [9.17, 15) is 8.42 Å². The fourth-order valence-corrected chi connectivity index (χ4v) is 3.56. The summed E-state index contributed by atoms with van der Waals surface area (Å²) in [6.45, 7) is 3.26. The Balaban J connectivity index is 2.25.